The number of rotatable bonds is 20. The minimum Gasteiger partial charge on any atom is -0.870 e. The van der Waals surface area contributed by atoms with E-state index in [2.05, 4.69) is 10.6 Å². The fourth-order valence-electron chi connectivity index (χ4n) is 8.50. The molecule has 0 saturated heterocycles. The maximum Gasteiger partial charge on any atom is 1.00 e. The summed E-state index contributed by atoms with van der Waals surface area (Å²) in [6.07, 6.45) is 3.76. The van der Waals surface area contributed by atoms with E-state index in [0.717, 1.165) is 38.9 Å². The molecule has 0 saturated carbocycles. The van der Waals surface area contributed by atoms with E-state index in [-0.39, 0.29) is 78.9 Å². The zero-order chi connectivity index (χ0) is 51.8. The van der Waals surface area contributed by atoms with Gasteiger partial charge in [0, 0.05) is 35.7 Å². The van der Waals surface area contributed by atoms with Gasteiger partial charge in [-0.25, -0.2) is 0 Å². The van der Waals surface area contributed by atoms with Crippen LogP contribution in [0.1, 0.15) is 107 Å². The molecule has 0 fully saturated rings. The number of pyridine rings is 2. The van der Waals surface area contributed by atoms with Crippen LogP contribution in [0.4, 0.5) is 0 Å². The number of methoxy groups -OCH3 is 3. The van der Waals surface area contributed by atoms with Crippen LogP contribution in [-0.4, -0.2) is 70.3 Å². The van der Waals surface area contributed by atoms with Crippen molar-refractivity contribution in [3.8, 4) is 33.8 Å². The number of carbonyl (C=O) groups is 4. The van der Waals surface area contributed by atoms with Crippen LogP contribution < -0.4 is 50.1 Å². The van der Waals surface area contributed by atoms with Crippen molar-refractivity contribution in [1.82, 2.24) is 19.8 Å². The number of carboxylic acids is 1. The molecular weight excluding hydrogens is 952 g/mol. The molecule has 4 unspecified atom stereocenters. The summed E-state index contributed by atoms with van der Waals surface area (Å²) >= 11 is 0. The Bertz CT molecular complexity index is 2920. The molecule has 2 aromatic heterocycles. The molecule has 16 nitrogen and oxygen atoms in total. The number of benzene rings is 4. The Hall–Kier alpha value is -7.22. The molecule has 0 radical (unpaired) electrons. The Morgan fingerprint density at radius 2 is 0.933 bits per heavy atom. The molecule has 2 amide bonds. The van der Waals surface area contributed by atoms with Gasteiger partial charge < -0.3 is 50.0 Å². The number of nitrogens with zero attached hydrogens (tertiary/aromatic N) is 2. The third-order valence-electron chi connectivity index (χ3n) is 12.1. The van der Waals surface area contributed by atoms with Gasteiger partial charge in [0.15, 0.2) is 0 Å². The van der Waals surface area contributed by atoms with Crippen LogP contribution in [0.25, 0.3) is 22.3 Å². The van der Waals surface area contributed by atoms with E-state index >= 15 is 0 Å². The first-order chi connectivity index (χ1) is 33.9. The van der Waals surface area contributed by atoms with Gasteiger partial charge >= 0.3 is 30.8 Å². The number of amides is 2. The number of carbonyl (C=O) groups excluding carboxylic acids is 3. The standard InChI is InChI=1S/C29H34N2O5.C28H32N2O5.CH4.Li.2H2O/c1-19(2)16-25(31-15-9-8-12-27(31)32)29(34)30-24(18-28(33)36-5)21-13-14-26(35-4)23(17-21)22-11-7-6-10-20(22)3;1-18(2)15-24(30-14-8-7-11-26(30)31)28(34)29-23(17-27(32)33)20-12-13-25(35-4)22(16-20)21-10-6-5-9-19(21)3;;;;/h6-15,17,19,24-25H,16,18H2,1-5H3,(H,30,34);5-14,16,18,23-24H,15,17H2,1-4H3,(H,29,34)(H,32,33);1H4;;2*1H2/q;;;+1;;/p-1. The summed E-state index contributed by atoms with van der Waals surface area (Å²) in [5, 5.41) is 15.5. The Labute approximate surface area is 452 Å². The largest absolute Gasteiger partial charge is 1.00 e. The minimum absolute atomic E-state index is 0. The second kappa shape index (κ2) is 31.5. The molecule has 4 atom stereocenters. The van der Waals surface area contributed by atoms with Crippen molar-refractivity contribution in [3.63, 3.8) is 0 Å². The quantitative estimate of drug-likeness (QED) is 0.0572. The molecule has 6 N–H and O–H groups in total. The minimum atomic E-state index is -1.04. The van der Waals surface area contributed by atoms with Crippen molar-refractivity contribution < 1.29 is 68.3 Å². The maximum absolute atomic E-state index is 13.6. The molecule has 0 bridgehead atoms. The SMILES string of the molecule is C.COC(=O)CC(NC(=O)C(CC(C)C)n1ccccc1=O)c1ccc(OC)c(-c2ccccc2C)c1.COc1ccc(C(CC(=O)O)NC(=O)C(CC(C)C)n2ccccc2=O)cc1-c1ccccc1C.O.[Li+].[OH-]. The van der Waals surface area contributed by atoms with Gasteiger partial charge in [-0.2, -0.15) is 0 Å². The van der Waals surface area contributed by atoms with E-state index in [1.807, 2.05) is 114 Å². The number of aliphatic carboxylic acids is 1. The fourth-order valence-corrected chi connectivity index (χ4v) is 8.50. The normalized spacial score (nSPS) is 12.0. The van der Waals surface area contributed by atoms with Crippen molar-refractivity contribution in [2.24, 2.45) is 11.8 Å². The van der Waals surface area contributed by atoms with Gasteiger partial charge in [-0.3, -0.25) is 28.8 Å². The van der Waals surface area contributed by atoms with Crippen molar-refractivity contribution >= 4 is 23.8 Å². The first-order valence-electron chi connectivity index (χ1n) is 23.7. The zero-order valence-electron chi connectivity index (χ0n) is 44.0. The second-order valence-corrected chi connectivity index (χ2v) is 18.2. The summed E-state index contributed by atoms with van der Waals surface area (Å²) in [4.78, 5) is 76.1. The molecular formula is C58H73LiN4O12. The van der Waals surface area contributed by atoms with Crippen LogP contribution in [0.2, 0.25) is 0 Å². The number of esters is 1. The van der Waals surface area contributed by atoms with E-state index in [4.69, 9.17) is 14.2 Å². The Morgan fingerprint density at radius 1 is 0.560 bits per heavy atom. The summed E-state index contributed by atoms with van der Waals surface area (Å²) < 4.78 is 18.9. The summed E-state index contributed by atoms with van der Waals surface area (Å²) in [5.74, 6) is -0.580. The van der Waals surface area contributed by atoms with Crippen molar-refractivity contribution in [3.05, 3.63) is 177 Å². The number of aryl methyl sites for hydroxylation is 2. The molecule has 6 rings (SSSR count). The smallest absolute Gasteiger partial charge is 0.870 e. The van der Waals surface area contributed by atoms with Gasteiger partial charge in [-0.1, -0.05) is 108 Å². The van der Waals surface area contributed by atoms with Crippen molar-refractivity contribution in [2.45, 2.75) is 98.8 Å². The molecule has 17 heteroatoms. The monoisotopic (exact) mass is 1020 g/mol. The molecule has 6 aromatic rings. The zero-order valence-corrected chi connectivity index (χ0v) is 44.0. The van der Waals surface area contributed by atoms with E-state index in [1.165, 1.54) is 28.4 Å². The van der Waals surface area contributed by atoms with Crippen LogP contribution >= 0.6 is 0 Å². The van der Waals surface area contributed by atoms with E-state index in [9.17, 15) is 33.9 Å². The number of aromatic nitrogens is 2. The number of hydrogen-bond acceptors (Lipinski definition) is 10. The second-order valence-electron chi connectivity index (χ2n) is 18.2. The predicted octanol–water partition coefficient (Wildman–Crippen LogP) is 6.23. The van der Waals surface area contributed by atoms with Gasteiger partial charge in [0.25, 0.3) is 11.1 Å². The van der Waals surface area contributed by atoms with Gasteiger partial charge in [0.05, 0.1) is 46.3 Å². The molecule has 75 heavy (non-hydrogen) atoms. The van der Waals surface area contributed by atoms with Crippen LogP contribution in [0.3, 0.4) is 0 Å². The average molecular weight is 1030 g/mol. The fraction of sp³-hybridized carbons (Fsp3) is 0.345. The Balaban J connectivity index is 0.000000712. The van der Waals surface area contributed by atoms with E-state index < -0.39 is 42.0 Å². The van der Waals surface area contributed by atoms with Gasteiger partial charge in [0.2, 0.25) is 11.8 Å². The van der Waals surface area contributed by atoms with Crippen LogP contribution in [-0.2, 0) is 23.9 Å². The number of nitrogens with one attached hydrogen (secondary N) is 2. The third kappa shape index (κ3) is 18.0. The summed E-state index contributed by atoms with van der Waals surface area (Å²) in [6.45, 7) is 12.0. The summed E-state index contributed by atoms with van der Waals surface area (Å²) in [5.41, 5.74) is 6.57. The molecule has 4 aromatic carbocycles. The Morgan fingerprint density at radius 3 is 1.27 bits per heavy atom. The van der Waals surface area contributed by atoms with E-state index in [0.29, 0.717) is 29.9 Å². The number of ether oxygens (including phenoxy) is 3. The van der Waals surface area contributed by atoms with Gasteiger partial charge in [-0.15, -0.1) is 0 Å². The molecule has 398 valence electrons. The molecule has 2 heterocycles. The molecule has 0 aliphatic carbocycles. The maximum atomic E-state index is 13.6. The van der Waals surface area contributed by atoms with Gasteiger partial charge in [0.1, 0.15) is 23.6 Å². The predicted molar refractivity (Wildman–Crippen MR) is 288 cm³/mol. The molecule has 0 aliphatic rings. The summed E-state index contributed by atoms with van der Waals surface area (Å²) in [6, 6.07) is 33.4. The van der Waals surface area contributed by atoms with Crippen LogP contribution in [0.15, 0.2) is 143 Å². The molecule has 0 spiro atoms. The topological polar surface area (TPSA) is 246 Å². The summed E-state index contributed by atoms with van der Waals surface area (Å²) in [7, 11) is 4.51. The average Bonchev–Trinajstić information content (AvgIpc) is 3.34. The van der Waals surface area contributed by atoms with Crippen LogP contribution in [0.5, 0.6) is 11.5 Å². The first kappa shape index (κ1) is 65.8. The van der Waals surface area contributed by atoms with Crippen molar-refractivity contribution in [1.29, 1.82) is 0 Å². The third-order valence-corrected chi connectivity index (χ3v) is 12.1. The number of hydrogen-bond donors (Lipinski definition) is 3. The first-order valence-corrected chi connectivity index (χ1v) is 23.7. The Kier molecular flexibility index (Phi) is 27.6. The molecule has 0 aliphatic heterocycles. The van der Waals surface area contributed by atoms with Crippen molar-refractivity contribution in [2.75, 3.05) is 21.3 Å². The van der Waals surface area contributed by atoms with Crippen LogP contribution in [0, 0.1) is 25.7 Å². The number of carboxylic acid groups (broad SMARTS) is 1. The van der Waals surface area contributed by atoms with Gasteiger partial charge in [-0.05, 0) is 108 Å². The van der Waals surface area contributed by atoms with E-state index in [1.54, 1.807) is 63.0 Å².